The molecule has 3 heterocycles. The molecule has 0 bridgehead atoms. The number of rotatable bonds is 5. The van der Waals surface area contributed by atoms with Gasteiger partial charge in [-0.3, -0.25) is 19.7 Å². The summed E-state index contributed by atoms with van der Waals surface area (Å²) < 4.78 is 33.9. The van der Waals surface area contributed by atoms with Gasteiger partial charge < -0.3 is 19.9 Å². The first-order chi connectivity index (χ1) is 18.4. The maximum absolute atomic E-state index is 14.4. The van der Waals surface area contributed by atoms with Crippen LogP contribution >= 0.6 is 11.9 Å². The molecule has 4 rings (SSSR count). The average Bonchev–Trinajstić information content (AvgIpc) is 3.47. The van der Waals surface area contributed by atoms with Gasteiger partial charge in [-0.15, -0.1) is 0 Å². The predicted molar refractivity (Wildman–Crippen MR) is 138 cm³/mol. The first-order valence-electron chi connectivity index (χ1n) is 11.9. The minimum absolute atomic E-state index is 0.0971. The molecule has 0 saturated heterocycles. The first-order valence-corrected chi connectivity index (χ1v) is 12.8. The number of carbonyl (C=O) groups is 3. The van der Waals surface area contributed by atoms with Crippen LogP contribution in [-0.4, -0.2) is 58.9 Å². The Labute approximate surface area is 227 Å². The summed E-state index contributed by atoms with van der Waals surface area (Å²) in [6.45, 7) is 5.75. The smallest absolute Gasteiger partial charge is 0.410 e. The summed E-state index contributed by atoms with van der Waals surface area (Å²) in [5, 5.41) is 17.2. The molecule has 0 saturated carbocycles. The van der Waals surface area contributed by atoms with Gasteiger partial charge in [0.15, 0.2) is 0 Å². The topological polar surface area (TPSA) is 142 Å². The number of hydrogen-bond donors (Lipinski definition) is 2. The minimum atomic E-state index is -0.860. The molecule has 3 amide bonds. The molecule has 0 atom stereocenters. The highest BCUT2D eigenvalue weighted by Crippen LogP contribution is 2.29. The van der Waals surface area contributed by atoms with Crippen LogP contribution < -0.4 is 10.5 Å². The maximum Gasteiger partial charge on any atom is 0.410 e. The van der Waals surface area contributed by atoms with E-state index < -0.39 is 29.0 Å². The molecule has 1 aromatic heterocycles. The quantitative estimate of drug-likeness (QED) is 0.420. The van der Waals surface area contributed by atoms with Crippen LogP contribution in [0.3, 0.4) is 0 Å². The third-order valence-electron chi connectivity index (χ3n) is 6.31. The van der Waals surface area contributed by atoms with Crippen LogP contribution in [0.5, 0.6) is 0 Å². The third kappa shape index (κ3) is 6.02. The number of nitrogens with zero attached hydrogens (tertiary/aromatic N) is 4. The second-order valence-electron chi connectivity index (χ2n) is 10.2. The number of nitrogens with one attached hydrogen (secondary N) is 1. The molecule has 2 aliphatic rings. The molecule has 204 valence electrons. The Hall–Kier alpha value is -4.02. The van der Waals surface area contributed by atoms with Gasteiger partial charge in [0.05, 0.1) is 21.7 Å². The van der Waals surface area contributed by atoms with E-state index in [4.69, 9.17) is 9.88 Å². The number of nitrogens with two attached hydrogens (primary N) is 1. The SMILES string of the molecule is CC(C)(C)C(=O)Nc1cc(C#N)cnc1COC(=O)N1CC2=C(C1)CN(C(=O)c1cc(F)c(SN)cc1F)C2. The van der Waals surface area contributed by atoms with Gasteiger partial charge in [0.2, 0.25) is 5.91 Å². The van der Waals surface area contributed by atoms with E-state index in [2.05, 4.69) is 10.3 Å². The zero-order valence-electron chi connectivity index (χ0n) is 21.5. The third-order valence-corrected chi connectivity index (χ3v) is 6.88. The first kappa shape index (κ1) is 28.0. The normalized spacial score (nSPS) is 14.8. The fraction of sp³-hybridized carbons (Fsp3) is 0.346. The zero-order valence-corrected chi connectivity index (χ0v) is 22.3. The molecule has 3 N–H and O–H groups in total. The highest BCUT2D eigenvalue weighted by Gasteiger charge is 2.36. The van der Waals surface area contributed by atoms with Crippen LogP contribution in [0.1, 0.15) is 42.4 Å². The largest absolute Gasteiger partial charge is 0.443 e. The standard InChI is InChI=1S/C26H26F2N6O4S/c1-26(2,3)24(36)32-20-4-14(7-29)8-31-21(20)13-38-25(37)34-11-15-9-33(10-16(15)12-34)23(35)17-5-19(28)22(39-30)6-18(17)27/h4-6,8H,9-13,30H2,1-3H3,(H,32,36). The number of pyridine rings is 1. The van der Waals surface area contributed by atoms with E-state index >= 15 is 0 Å². The molecule has 0 radical (unpaired) electrons. The molecule has 0 aliphatic carbocycles. The average molecular weight is 557 g/mol. The number of carbonyl (C=O) groups excluding carboxylic acids is 3. The van der Waals surface area contributed by atoms with Crippen LogP contribution in [-0.2, 0) is 16.1 Å². The molecule has 2 aliphatic heterocycles. The van der Waals surface area contributed by atoms with Crippen molar-refractivity contribution >= 4 is 35.5 Å². The number of anilines is 1. The Morgan fingerprint density at radius 2 is 1.74 bits per heavy atom. The summed E-state index contributed by atoms with van der Waals surface area (Å²) in [5.74, 6) is -2.58. The van der Waals surface area contributed by atoms with Crippen molar-refractivity contribution in [3.05, 3.63) is 64.0 Å². The van der Waals surface area contributed by atoms with Crippen molar-refractivity contribution < 1.29 is 27.9 Å². The maximum atomic E-state index is 14.4. The lowest BCUT2D eigenvalue weighted by molar-refractivity contribution is -0.123. The monoisotopic (exact) mass is 556 g/mol. The summed E-state index contributed by atoms with van der Waals surface area (Å²) in [4.78, 5) is 45.0. The van der Waals surface area contributed by atoms with E-state index in [0.29, 0.717) is 11.9 Å². The Bertz CT molecular complexity index is 1410. The number of ether oxygens (including phenoxy) is 1. The minimum Gasteiger partial charge on any atom is -0.443 e. The fourth-order valence-electron chi connectivity index (χ4n) is 4.12. The highest BCUT2D eigenvalue weighted by atomic mass is 32.2. The number of nitriles is 1. The number of hydrogen-bond acceptors (Lipinski definition) is 8. The van der Waals surface area contributed by atoms with Crippen molar-refractivity contribution in [3.63, 3.8) is 0 Å². The Morgan fingerprint density at radius 3 is 2.33 bits per heavy atom. The molecular formula is C26H26F2N6O4S. The van der Waals surface area contributed by atoms with Gasteiger partial charge >= 0.3 is 6.09 Å². The molecule has 0 spiro atoms. The number of aromatic nitrogens is 1. The van der Waals surface area contributed by atoms with Crippen molar-refractivity contribution in [2.24, 2.45) is 10.6 Å². The fourth-order valence-corrected chi connectivity index (χ4v) is 4.46. The second-order valence-corrected chi connectivity index (χ2v) is 10.9. The van der Waals surface area contributed by atoms with Crippen LogP contribution in [0.15, 0.2) is 40.4 Å². The van der Waals surface area contributed by atoms with Crippen LogP contribution in [0.25, 0.3) is 0 Å². The number of benzene rings is 1. The summed E-state index contributed by atoms with van der Waals surface area (Å²) >= 11 is 0.554. The van der Waals surface area contributed by atoms with E-state index in [-0.39, 0.29) is 66.1 Å². The van der Waals surface area contributed by atoms with Gasteiger partial charge in [-0.25, -0.2) is 13.6 Å². The summed E-state index contributed by atoms with van der Waals surface area (Å²) in [6.07, 6.45) is 0.703. The van der Waals surface area contributed by atoms with Crippen LogP contribution in [0.4, 0.5) is 19.3 Å². The zero-order chi connectivity index (χ0) is 28.5. The van der Waals surface area contributed by atoms with Gasteiger partial charge in [-0.1, -0.05) is 20.8 Å². The van der Waals surface area contributed by atoms with E-state index in [1.807, 2.05) is 6.07 Å². The van der Waals surface area contributed by atoms with Crippen molar-refractivity contribution in [1.82, 2.24) is 14.8 Å². The molecule has 39 heavy (non-hydrogen) atoms. The second kappa shape index (κ2) is 11.0. The summed E-state index contributed by atoms with van der Waals surface area (Å²) in [5.41, 5.74) is 1.37. The molecule has 0 unspecified atom stereocenters. The molecule has 1 aromatic carbocycles. The molecule has 10 nitrogen and oxygen atoms in total. The number of halogens is 2. The van der Waals surface area contributed by atoms with Crippen molar-refractivity contribution in [2.45, 2.75) is 32.3 Å². The van der Waals surface area contributed by atoms with Gasteiger partial charge in [0, 0.05) is 37.8 Å². The van der Waals surface area contributed by atoms with E-state index in [0.717, 1.165) is 23.3 Å². The van der Waals surface area contributed by atoms with Gasteiger partial charge in [-0.2, -0.15) is 5.26 Å². The van der Waals surface area contributed by atoms with Crippen molar-refractivity contribution in [2.75, 3.05) is 31.5 Å². The summed E-state index contributed by atoms with van der Waals surface area (Å²) in [6, 6.07) is 5.17. The predicted octanol–water partition coefficient (Wildman–Crippen LogP) is 3.59. The summed E-state index contributed by atoms with van der Waals surface area (Å²) in [7, 11) is 0. The van der Waals surface area contributed by atoms with E-state index in [1.165, 1.54) is 22.1 Å². The molecule has 13 heteroatoms. The van der Waals surface area contributed by atoms with E-state index in [1.54, 1.807) is 20.8 Å². The van der Waals surface area contributed by atoms with Crippen LogP contribution in [0.2, 0.25) is 0 Å². The lowest BCUT2D eigenvalue weighted by atomic mass is 9.95. The molecule has 2 aromatic rings. The Kier molecular flexibility index (Phi) is 7.89. The van der Waals surface area contributed by atoms with Gasteiger partial charge in [0.25, 0.3) is 5.91 Å². The van der Waals surface area contributed by atoms with Gasteiger partial charge in [-0.05, 0) is 41.3 Å². The lowest BCUT2D eigenvalue weighted by Gasteiger charge is -2.23. The van der Waals surface area contributed by atoms with Crippen LogP contribution in [0, 0.1) is 28.4 Å². The lowest BCUT2D eigenvalue weighted by Crippen LogP contribution is -2.37. The number of amides is 3. The van der Waals surface area contributed by atoms with E-state index in [9.17, 15) is 28.4 Å². The van der Waals surface area contributed by atoms with Crippen molar-refractivity contribution in [3.8, 4) is 6.07 Å². The van der Waals surface area contributed by atoms with Gasteiger partial charge in [0.1, 0.15) is 30.0 Å². The Balaban J connectivity index is 1.35. The molecular weight excluding hydrogens is 530 g/mol. The Morgan fingerprint density at radius 1 is 1.10 bits per heavy atom. The highest BCUT2D eigenvalue weighted by molar-refractivity contribution is 7.97. The van der Waals surface area contributed by atoms with Crippen molar-refractivity contribution in [1.29, 1.82) is 5.26 Å². The molecule has 0 fully saturated rings.